The molecular formula is C13H17N3O3. The van der Waals surface area contributed by atoms with E-state index in [1.165, 1.54) is 12.4 Å². The number of carboxylic acids is 1. The number of carbonyl (C=O) groups excluding carboxylic acids is 1. The number of rotatable bonds is 3. The molecule has 0 aromatic carbocycles. The Hall–Kier alpha value is -1.98. The second-order valence-electron chi connectivity index (χ2n) is 5.18. The molecular weight excluding hydrogens is 246 g/mol. The Morgan fingerprint density at radius 2 is 2.16 bits per heavy atom. The van der Waals surface area contributed by atoms with Gasteiger partial charge in [0.15, 0.2) is 0 Å². The van der Waals surface area contributed by atoms with E-state index in [2.05, 4.69) is 15.3 Å². The molecule has 1 aliphatic carbocycles. The molecule has 1 fully saturated rings. The van der Waals surface area contributed by atoms with Crippen LogP contribution in [0.15, 0.2) is 12.4 Å². The maximum Gasteiger partial charge on any atom is 0.311 e. The monoisotopic (exact) mass is 263 g/mol. The summed E-state index contributed by atoms with van der Waals surface area (Å²) in [5.41, 5.74) is 0.0476. The summed E-state index contributed by atoms with van der Waals surface area (Å²) in [5.74, 6) is -1.24. The molecule has 1 aromatic rings. The average molecular weight is 263 g/mol. The van der Waals surface area contributed by atoms with Crippen molar-refractivity contribution in [3.8, 4) is 0 Å². The number of nitrogens with one attached hydrogen (secondary N) is 1. The van der Waals surface area contributed by atoms with Crippen molar-refractivity contribution >= 4 is 11.9 Å². The molecule has 0 radical (unpaired) electrons. The number of carbonyl (C=O) groups is 2. The van der Waals surface area contributed by atoms with Crippen LogP contribution in [-0.4, -0.2) is 33.0 Å². The summed E-state index contributed by atoms with van der Waals surface area (Å²) >= 11 is 0. The van der Waals surface area contributed by atoms with Crippen LogP contribution in [0.1, 0.15) is 42.4 Å². The number of aryl methyl sites for hydroxylation is 1. The van der Waals surface area contributed by atoms with E-state index in [4.69, 9.17) is 0 Å². The highest BCUT2D eigenvalue weighted by molar-refractivity contribution is 5.92. The van der Waals surface area contributed by atoms with Crippen molar-refractivity contribution < 1.29 is 14.7 Å². The Morgan fingerprint density at radius 1 is 1.42 bits per heavy atom. The molecule has 1 heterocycles. The van der Waals surface area contributed by atoms with Gasteiger partial charge in [-0.3, -0.25) is 14.6 Å². The summed E-state index contributed by atoms with van der Waals surface area (Å²) in [6.07, 6.45) is 4.96. The minimum atomic E-state index is -0.895. The van der Waals surface area contributed by atoms with Crippen molar-refractivity contribution in [3.63, 3.8) is 0 Å². The van der Waals surface area contributed by atoms with Crippen molar-refractivity contribution in [2.45, 2.75) is 39.2 Å². The van der Waals surface area contributed by atoms with Gasteiger partial charge < -0.3 is 10.4 Å². The minimum absolute atomic E-state index is 0.213. The van der Waals surface area contributed by atoms with Gasteiger partial charge in [0.2, 0.25) is 0 Å². The summed E-state index contributed by atoms with van der Waals surface area (Å²) < 4.78 is 0. The molecule has 2 unspecified atom stereocenters. The fraction of sp³-hybridized carbons (Fsp3) is 0.538. The first-order valence-electron chi connectivity index (χ1n) is 6.26. The molecule has 1 saturated carbocycles. The minimum Gasteiger partial charge on any atom is -0.481 e. The van der Waals surface area contributed by atoms with E-state index < -0.39 is 11.4 Å². The number of aliphatic carboxylic acids is 1. The molecule has 102 valence electrons. The molecule has 0 bridgehead atoms. The van der Waals surface area contributed by atoms with Crippen molar-refractivity contribution in [2.75, 3.05) is 0 Å². The lowest BCUT2D eigenvalue weighted by molar-refractivity contribution is -0.148. The quantitative estimate of drug-likeness (QED) is 0.853. The standard InChI is InChI=1S/C13H17N3O3/c1-8-6-15-9(7-14-8)11(17)16-10-4-3-5-13(10,2)12(18)19/h6-7,10H,3-5H2,1-2H3,(H,16,17)(H,18,19). The van der Waals surface area contributed by atoms with Gasteiger partial charge in [-0.1, -0.05) is 6.42 Å². The first kappa shape index (κ1) is 13.5. The van der Waals surface area contributed by atoms with E-state index >= 15 is 0 Å². The van der Waals surface area contributed by atoms with Gasteiger partial charge in [-0.15, -0.1) is 0 Å². The summed E-state index contributed by atoms with van der Waals surface area (Å²) in [7, 11) is 0. The van der Waals surface area contributed by atoms with Crippen LogP contribution in [0, 0.1) is 12.3 Å². The molecule has 1 aromatic heterocycles. The van der Waals surface area contributed by atoms with Crippen molar-refractivity contribution in [1.82, 2.24) is 15.3 Å². The number of amides is 1. The van der Waals surface area contributed by atoms with Gasteiger partial charge in [-0.2, -0.15) is 0 Å². The lowest BCUT2D eigenvalue weighted by Gasteiger charge is -2.27. The van der Waals surface area contributed by atoms with Gasteiger partial charge in [0, 0.05) is 12.2 Å². The highest BCUT2D eigenvalue weighted by Gasteiger charge is 2.46. The Balaban J connectivity index is 2.10. The zero-order valence-corrected chi connectivity index (χ0v) is 11.0. The lowest BCUT2D eigenvalue weighted by Crippen LogP contribution is -2.47. The molecule has 1 amide bonds. The highest BCUT2D eigenvalue weighted by Crippen LogP contribution is 2.38. The third kappa shape index (κ3) is 2.57. The molecule has 0 saturated heterocycles. The SMILES string of the molecule is Cc1cnc(C(=O)NC2CCCC2(C)C(=O)O)cn1. The van der Waals surface area contributed by atoms with Gasteiger partial charge in [-0.05, 0) is 26.7 Å². The number of hydrogen-bond donors (Lipinski definition) is 2. The van der Waals surface area contributed by atoms with Gasteiger partial charge in [0.1, 0.15) is 5.69 Å². The van der Waals surface area contributed by atoms with Crippen molar-refractivity contribution in [3.05, 3.63) is 23.8 Å². The third-order valence-electron chi connectivity index (χ3n) is 3.77. The van der Waals surface area contributed by atoms with Crippen LogP contribution in [0.25, 0.3) is 0 Å². The molecule has 19 heavy (non-hydrogen) atoms. The Labute approximate surface area is 111 Å². The molecule has 6 heteroatoms. The van der Waals surface area contributed by atoms with Crippen molar-refractivity contribution in [2.24, 2.45) is 5.41 Å². The van der Waals surface area contributed by atoms with Crippen LogP contribution in [-0.2, 0) is 4.79 Å². The number of aromatic nitrogens is 2. The highest BCUT2D eigenvalue weighted by atomic mass is 16.4. The lowest BCUT2D eigenvalue weighted by atomic mass is 9.85. The number of carboxylic acid groups (broad SMARTS) is 1. The fourth-order valence-electron chi connectivity index (χ4n) is 2.40. The van der Waals surface area contributed by atoms with Crippen LogP contribution in [0.2, 0.25) is 0 Å². The first-order chi connectivity index (χ1) is 8.93. The summed E-state index contributed by atoms with van der Waals surface area (Å²) in [5, 5.41) is 12.0. The predicted octanol–water partition coefficient (Wildman–Crippen LogP) is 1.16. The van der Waals surface area contributed by atoms with Gasteiger partial charge in [0.05, 0.1) is 17.3 Å². The Kier molecular flexibility index (Phi) is 3.50. The predicted molar refractivity (Wildman–Crippen MR) is 67.6 cm³/mol. The Bertz CT molecular complexity index is 500. The van der Waals surface area contributed by atoms with Crippen molar-refractivity contribution in [1.29, 1.82) is 0 Å². The molecule has 0 spiro atoms. The zero-order valence-electron chi connectivity index (χ0n) is 11.0. The average Bonchev–Trinajstić information content (AvgIpc) is 2.73. The fourth-order valence-corrected chi connectivity index (χ4v) is 2.40. The second-order valence-corrected chi connectivity index (χ2v) is 5.18. The zero-order chi connectivity index (χ0) is 14.0. The Morgan fingerprint density at radius 3 is 2.74 bits per heavy atom. The molecule has 0 aliphatic heterocycles. The topological polar surface area (TPSA) is 92.2 Å². The molecule has 1 aliphatic rings. The van der Waals surface area contributed by atoms with Crippen LogP contribution < -0.4 is 5.32 Å². The third-order valence-corrected chi connectivity index (χ3v) is 3.77. The van der Waals surface area contributed by atoms with E-state index in [9.17, 15) is 14.7 Å². The van der Waals surface area contributed by atoms with Gasteiger partial charge in [0.25, 0.3) is 5.91 Å². The maximum absolute atomic E-state index is 12.0. The van der Waals surface area contributed by atoms with Gasteiger partial charge in [-0.25, -0.2) is 4.98 Å². The van der Waals surface area contributed by atoms with Crippen LogP contribution in [0.5, 0.6) is 0 Å². The molecule has 2 N–H and O–H groups in total. The molecule has 2 atom stereocenters. The largest absolute Gasteiger partial charge is 0.481 e. The van der Waals surface area contributed by atoms with E-state index in [0.717, 1.165) is 12.1 Å². The normalized spacial score (nSPS) is 26.1. The number of hydrogen-bond acceptors (Lipinski definition) is 4. The van der Waals surface area contributed by atoms with Gasteiger partial charge >= 0.3 is 5.97 Å². The smallest absolute Gasteiger partial charge is 0.311 e. The summed E-state index contributed by atoms with van der Waals surface area (Å²) in [4.78, 5) is 31.3. The maximum atomic E-state index is 12.0. The summed E-state index contributed by atoms with van der Waals surface area (Å²) in [6.45, 7) is 3.46. The second kappa shape index (κ2) is 4.95. The van der Waals surface area contributed by atoms with E-state index in [1.54, 1.807) is 13.8 Å². The van der Waals surface area contributed by atoms with E-state index in [1.807, 2.05) is 0 Å². The van der Waals surface area contributed by atoms with E-state index in [-0.39, 0.29) is 17.6 Å². The van der Waals surface area contributed by atoms with Crippen LogP contribution in [0.4, 0.5) is 0 Å². The molecule has 6 nitrogen and oxygen atoms in total. The first-order valence-corrected chi connectivity index (χ1v) is 6.26. The van der Waals surface area contributed by atoms with Crippen LogP contribution in [0.3, 0.4) is 0 Å². The van der Waals surface area contributed by atoms with Crippen LogP contribution >= 0.6 is 0 Å². The number of nitrogens with zero attached hydrogens (tertiary/aromatic N) is 2. The summed E-state index contributed by atoms with van der Waals surface area (Å²) in [6, 6.07) is -0.361. The molecule has 2 rings (SSSR count). The van der Waals surface area contributed by atoms with E-state index in [0.29, 0.717) is 12.8 Å².